The fraction of sp³-hybridized carbons (Fsp3) is 0.370. The number of esters is 3. The Balaban J connectivity index is 1.75. The number of nitrogens with one attached hydrogen (secondary N) is 1. The summed E-state index contributed by atoms with van der Waals surface area (Å²) in [4.78, 5) is 36.6. The maximum Gasteiger partial charge on any atom is 0.459 e. The van der Waals surface area contributed by atoms with Gasteiger partial charge in [0.15, 0.2) is 12.2 Å². The number of nitrogens with zero attached hydrogens (tertiary/aromatic N) is 3. The second kappa shape index (κ2) is 12.8. The Morgan fingerprint density at radius 2 is 1.86 bits per heavy atom. The lowest BCUT2D eigenvalue weighted by Crippen LogP contribution is -2.49. The third-order valence-electron chi connectivity index (χ3n) is 6.41. The highest BCUT2D eigenvalue weighted by molar-refractivity contribution is 7.52. The third-order valence-corrected chi connectivity index (χ3v) is 8.03. The highest BCUT2D eigenvalue weighted by Crippen LogP contribution is 2.49. The number of anilines is 1. The molecule has 0 amide bonds. The van der Waals surface area contributed by atoms with Gasteiger partial charge in [0.05, 0.1) is 24.0 Å². The predicted octanol–water partition coefficient (Wildman–Crippen LogP) is 2.47. The van der Waals surface area contributed by atoms with Gasteiger partial charge in [-0.25, -0.2) is 9.08 Å². The van der Waals surface area contributed by atoms with E-state index in [4.69, 9.17) is 33.7 Å². The molecule has 6 atom stereocenters. The summed E-state index contributed by atoms with van der Waals surface area (Å²) < 4.78 is 48.7. The number of nitriles is 1. The van der Waals surface area contributed by atoms with E-state index in [9.17, 15) is 24.2 Å². The Morgan fingerprint density at radius 3 is 2.49 bits per heavy atom. The van der Waals surface area contributed by atoms with Crippen LogP contribution in [0.15, 0.2) is 54.7 Å². The fourth-order valence-electron chi connectivity index (χ4n) is 4.54. The quantitative estimate of drug-likeness (QED) is 0.181. The summed E-state index contributed by atoms with van der Waals surface area (Å²) >= 11 is 0. The van der Waals surface area contributed by atoms with E-state index in [1.165, 1.54) is 29.8 Å². The van der Waals surface area contributed by atoms with Gasteiger partial charge in [0.1, 0.15) is 30.6 Å². The summed E-state index contributed by atoms with van der Waals surface area (Å²) in [5.74, 6) is -2.24. The van der Waals surface area contributed by atoms with Crippen LogP contribution in [-0.4, -0.2) is 65.1 Å². The topological polar surface area (TPSA) is 203 Å². The average Bonchev–Trinajstić information content (AvgIpc) is 3.52. The zero-order valence-corrected chi connectivity index (χ0v) is 24.6. The number of nitrogens with two attached hydrogens (primary N) is 1. The van der Waals surface area contributed by atoms with Gasteiger partial charge in [-0.2, -0.15) is 15.4 Å². The molecule has 0 saturated carbocycles. The van der Waals surface area contributed by atoms with Gasteiger partial charge >= 0.3 is 25.7 Å². The second-order valence-corrected chi connectivity index (χ2v) is 11.2. The highest BCUT2D eigenvalue weighted by Gasteiger charge is 2.62. The molecule has 2 aromatic heterocycles. The molecule has 3 aromatic rings. The number of rotatable bonds is 11. The van der Waals surface area contributed by atoms with E-state index in [-0.39, 0.29) is 5.75 Å². The van der Waals surface area contributed by atoms with Crippen molar-refractivity contribution in [3.05, 3.63) is 60.4 Å². The zero-order valence-electron chi connectivity index (χ0n) is 23.7. The number of carbonyl (C=O) groups excluding carboxylic acids is 3. The van der Waals surface area contributed by atoms with Crippen LogP contribution in [0.3, 0.4) is 0 Å². The lowest BCUT2D eigenvalue weighted by molar-refractivity contribution is -0.166. The van der Waals surface area contributed by atoms with E-state index >= 15 is 0 Å². The Bertz CT molecular complexity index is 1590. The number of benzene rings is 1. The van der Waals surface area contributed by atoms with Crippen molar-refractivity contribution in [3.63, 3.8) is 0 Å². The van der Waals surface area contributed by atoms with Crippen LogP contribution < -0.4 is 15.3 Å². The molecule has 0 bridgehead atoms. The standard InChI is InChI=1S/C27H30N5O10P/c1-16(26(35)37-4)31-43(36,42-19-8-6-5-7-9-19)38-15-27(14-28)25(40-18(3)34)24(39-17(2)33)23(41-27)22-11-10-21-20(29)12-13-30-32(21)22/h5-13,16,23-25H,15,29H2,1-4H3,(H,31,36)/t16-,23-,24-,25-,27+,43-/m0/s1. The molecule has 1 fully saturated rings. The van der Waals surface area contributed by atoms with Gasteiger partial charge in [-0.3, -0.25) is 18.9 Å². The van der Waals surface area contributed by atoms with Crippen LogP contribution in [0.1, 0.15) is 32.6 Å². The molecule has 3 N–H and O–H groups in total. The van der Waals surface area contributed by atoms with Crippen molar-refractivity contribution in [1.82, 2.24) is 14.7 Å². The molecule has 43 heavy (non-hydrogen) atoms. The minimum absolute atomic E-state index is 0.115. The number of aromatic nitrogens is 2. The van der Waals surface area contributed by atoms with Crippen LogP contribution in [0, 0.1) is 11.3 Å². The van der Waals surface area contributed by atoms with Gasteiger partial charge in [0.2, 0.25) is 5.60 Å². The maximum absolute atomic E-state index is 14.0. The van der Waals surface area contributed by atoms with Gasteiger partial charge in [0, 0.05) is 20.0 Å². The van der Waals surface area contributed by atoms with Crippen molar-refractivity contribution in [3.8, 4) is 11.8 Å². The average molecular weight is 616 g/mol. The second-order valence-electron chi connectivity index (χ2n) is 9.53. The SMILES string of the molecule is COC(=O)[C@H](C)N[P@](=O)(OC[C@@]1(C#N)O[C@@H](c2ccc3c(N)ccnn23)[C@H](OC(C)=O)[C@@H]1OC(C)=O)Oc1ccccc1. The van der Waals surface area contributed by atoms with Crippen LogP contribution in [0.5, 0.6) is 5.75 Å². The van der Waals surface area contributed by atoms with E-state index in [0.717, 1.165) is 21.0 Å². The van der Waals surface area contributed by atoms with Crippen LogP contribution in [0.4, 0.5) is 5.69 Å². The summed E-state index contributed by atoms with van der Waals surface area (Å²) in [6.07, 6.45) is -2.73. The van der Waals surface area contributed by atoms with Gasteiger partial charge in [-0.05, 0) is 37.3 Å². The smallest absolute Gasteiger partial charge is 0.459 e. The number of hydrogen-bond donors (Lipinski definition) is 2. The van der Waals surface area contributed by atoms with Crippen LogP contribution in [0.2, 0.25) is 0 Å². The maximum atomic E-state index is 14.0. The summed E-state index contributed by atoms with van der Waals surface area (Å²) in [5.41, 5.74) is 5.07. The highest BCUT2D eigenvalue weighted by atomic mass is 31.2. The number of para-hydroxylation sites is 1. The molecule has 1 saturated heterocycles. The van der Waals surface area contributed by atoms with Crippen LogP contribution in [0.25, 0.3) is 5.52 Å². The molecule has 1 aliphatic heterocycles. The molecule has 0 radical (unpaired) electrons. The first-order chi connectivity index (χ1) is 20.4. The normalized spacial score (nSPS) is 23.5. The van der Waals surface area contributed by atoms with Crippen LogP contribution in [-0.2, 0) is 42.4 Å². The van der Waals surface area contributed by atoms with Crippen molar-refractivity contribution in [2.24, 2.45) is 0 Å². The van der Waals surface area contributed by atoms with Crippen molar-refractivity contribution >= 4 is 36.9 Å². The lowest BCUT2D eigenvalue weighted by atomic mass is 9.95. The summed E-state index contributed by atoms with van der Waals surface area (Å²) in [7, 11) is -3.32. The van der Waals surface area contributed by atoms with Gasteiger partial charge < -0.3 is 29.2 Å². The largest absolute Gasteiger partial charge is 0.468 e. The lowest BCUT2D eigenvalue weighted by Gasteiger charge is -2.30. The Hall–Kier alpha value is -4.48. The number of hydrogen-bond acceptors (Lipinski definition) is 13. The Kier molecular flexibility index (Phi) is 9.37. The van der Waals surface area contributed by atoms with Gasteiger partial charge in [-0.15, -0.1) is 0 Å². The number of methoxy groups -OCH3 is 1. The molecule has 0 spiro atoms. The van der Waals surface area contributed by atoms with Gasteiger partial charge in [0.25, 0.3) is 0 Å². The van der Waals surface area contributed by atoms with Crippen molar-refractivity contribution in [1.29, 1.82) is 5.26 Å². The first-order valence-corrected chi connectivity index (χ1v) is 14.5. The van der Waals surface area contributed by atoms with E-state index < -0.39 is 62.2 Å². The predicted molar refractivity (Wildman–Crippen MR) is 148 cm³/mol. The number of nitrogen functional groups attached to an aromatic ring is 1. The number of ether oxygens (including phenoxy) is 4. The van der Waals surface area contributed by atoms with Crippen molar-refractivity contribution < 1.29 is 46.9 Å². The minimum Gasteiger partial charge on any atom is -0.468 e. The molecule has 228 valence electrons. The first-order valence-electron chi connectivity index (χ1n) is 12.9. The zero-order chi connectivity index (χ0) is 31.4. The molecule has 3 heterocycles. The molecule has 15 nitrogen and oxygen atoms in total. The van der Waals surface area contributed by atoms with E-state index in [1.807, 2.05) is 6.07 Å². The molecule has 1 aromatic carbocycles. The van der Waals surface area contributed by atoms with Gasteiger partial charge in [-0.1, -0.05) is 18.2 Å². The van der Waals surface area contributed by atoms with E-state index in [2.05, 4.69) is 10.2 Å². The van der Waals surface area contributed by atoms with Crippen molar-refractivity contribution in [2.45, 2.75) is 50.7 Å². The molecule has 16 heteroatoms. The monoisotopic (exact) mass is 615 g/mol. The molecular formula is C27H30N5O10P. The number of carbonyl (C=O) groups is 3. The van der Waals surface area contributed by atoms with E-state index in [0.29, 0.717) is 16.9 Å². The molecule has 0 aliphatic carbocycles. The fourth-order valence-corrected chi connectivity index (χ4v) is 6.06. The summed E-state index contributed by atoms with van der Waals surface area (Å²) in [5, 5.41) is 17.2. The Labute approximate surface area is 246 Å². The third kappa shape index (κ3) is 6.79. The summed E-state index contributed by atoms with van der Waals surface area (Å²) in [6, 6.07) is 13.5. The Morgan fingerprint density at radius 1 is 1.16 bits per heavy atom. The van der Waals surface area contributed by atoms with Crippen LogP contribution >= 0.6 is 7.75 Å². The molecule has 0 unspecified atom stereocenters. The molecule has 4 rings (SSSR count). The number of fused-ring (bicyclic) bond motifs is 1. The minimum atomic E-state index is -4.47. The van der Waals surface area contributed by atoms with E-state index in [1.54, 1.807) is 36.4 Å². The first kappa shape index (κ1) is 31.5. The van der Waals surface area contributed by atoms with Crippen molar-refractivity contribution in [2.75, 3.05) is 19.5 Å². The molecular weight excluding hydrogens is 585 g/mol. The summed E-state index contributed by atoms with van der Waals surface area (Å²) in [6.45, 7) is 2.77. The molecule has 1 aliphatic rings.